The van der Waals surface area contributed by atoms with E-state index >= 15 is 0 Å². The zero-order chi connectivity index (χ0) is 9.52. The number of ether oxygens (including phenoxy) is 3. The normalized spacial score (nSPS) is 21.8. The van der Waals surface area contributed by atoms with E-state index in [1.165, 1.54) is 0 Å². The van der Waals surface area contributed by atoms with Crippen LogP contribution in [0.15, 0.2) is 0 Å². The van der Waals surface area contributed by atoms with Crippen molar-refractivity contribution in [2.24, 2.45) is 0 Å². The summed E-state index contributed by atoms with van der Waals surface area (Å²) in [6.07, 6.45) is 2.34. The highest BCUT2D eigenvalue weighted by molar-refractivity contribution is 5.69. The molecule has 4 nitrogen and oxygen atoms in total. The predicted octanol–water partition coefficient (Wildman–Crippen LogP) is 1.09. The topological polar surface area (TPSA) is 44.8 Å². The zero-order valence-electron chi connectivity index (χ0n) is 7.95. The minimum Gasteiger partial charge on any atom is -0.463 e. The van der Waals surface area contributed by atoms with Crippen molar-refractivity contribution in [2.45, 2.75) is 32.3 Å². The van der Waals surface area contributed by atoms with Crippen molar-refractivity contribution in [2.75, 3.05) is 20.0 Å². The van der Waals surface area contributed by atoms with E-state index in [9.17, 15) is 4.79 Å². The van der Waals surface area contributed by atoms with E-state index < -0.39 is 0 Å². The van der Waals surface area contributed by atoms with Crippen LogP contribution in [-0.2, 0) is 19.0 Å². The molecule has 1 rings (SSSR count). The maximum atomic E-state index is 11.0. The summed E-state index contributed by atoms with van der Waals surface area (Å²) in [7, 11) is 0. The van der Waals surface area contributed by atoms with Gasteiger partial charge in [-0.25, -0.2) is 0 Å². The highest BCUT2D eigenvalue weighted by atomic mass is 16.7. The van der Waals surface area contributed by atoms with Gasteiger partial charge in [0.2, 0.25) is 0 Å². The van der Waals surface area contributed by atoms with Crippen molar-refractivity contribution in [3.63, 3.8) is 0 Å². The van der Waals surface area contributed by atoms with E-state index in [1.54, 1.807) is 0 Å². The second-order valence-corrected chi connectivity index (χ2v) is 3.06. The van der Waals surface area contributed by atoms with E-state index in [2.05, 4.69) is 0 Å². The van der Waals surface area contributed by atoms with Gasteiger partial charge in [-0.1, -0.05) is 13.3 Å². The number of esters is 1. The maximum Gasteiger partial charge on any atom is 0.305 e. The lowest BCUT2D eigenvalue weighted by Crippen LogP contribution is -2.20. The molecule has 0 saturated carbocycles. The smallest absolute Gasteiger partial charge is 0.305 e. The second kappa shape index (κ2) is 5.94. The number of carbonyl (C=O) groups is 1. The molecular weight excluding hydrogens is 172 g/mol. The van der Waals surface area contributed by atoms with Crippen LogP contribution in [0.2, 0.25) is 0 Å². The molecule has 13 heavy (non-hydrogen) atoms. The summed E-state index contributed by atoms with van der Waals surface area (Å²) in [4.78, 5) is 11.0. The number of unbranched alkanes of at least 4 members (excludes halogenated alkanes) is 1. The standard InChI is InChI=1S/C9H16O4/c1-2-3-4-9(10)12-6-8-5-11-7-13-8/h8H,2-7H2,1H3. The van der Waals surface area contributed by atoms with E-state index in [0.717, 1.165) is 12.8 Å². The van der Waals surface area contributed by atoms with Crippen molar-refractivity contribution in [3.8, 4) is 0 Å². The lowest BCUT2D eigenvalue weighted by Gasteiger charge is -2.07. The van der Waals surface area contributed by atoms with Crippen LogP contribution in [0.4, 0.5) is 0 Å². The summed E-state index contributed by atoms with van der Waals surface area (Å²) >= 11 is 0. The van der Waals surface area contributed by atoms with Crippen molar-refractivity contribution >= 4 is 5.97 Å². The third-order valence-electron chi connectivity index (χ3n) is 1.86. The molecule has 76 valence electrons. The van der Waals surface area contributed by atoms with E-state index in [-0.39, 0.29) is 12.1 Å². The first-order valence-corrected chi connectivity index (χ1v) is 4.68. The van der Waals surface area contributed by atoms with Gasteiger partial charge in [0.1, 0.15) is 19.5 Å². The molecule has 0 aromatic heterocycles. The molecule has 0 radical (unpaired) electrons. The van der Waals surface area contributed by atoms with Gasteiger partial charge in [-0.2, -0.15) is 0 Å². The Kier molecular flexibility index (Phi) is 4.78. The fourth-order valence-electron chi connectivity index (χ4n) is 1.05. The number of carbonyl (C=O) groups excluding carboxylic acids is 1. The lowest BCUT2D eigenvalue weighted by atomic mass is 10.2. The summed E-state index contributed by atoms with van der Waals surface area (Å²) in [6.45, 7) is 3.21. The molecule has 1 fully saturated rings. The van der Waals surface area contributed by atoms with Crippen LogP contribution in [0.3, 0.4) is 0 Å². The highest BCUT2D eigenvalue weighted by Gasteiger charge is 2.17. The molecule has 1 saturated heterocycles. The average Bonchev–Trinajstić information content (AvgIpc) is 2.64. The molecular formula is C9H16O4. The van der Waals surface area contributed by atoms with Gasteiger partial charge in [-0.05, 0) is 6.42 Å². The Bertz CT molecular complexity index is 152. The number of hydrogen-bond donors (Lipinski definition) is 0. The van der Waals surface area contributed by atoms with Crippen LogP contribution in [0.5, 0.6) is 0 Å². The van der Waals surface area contributed by atoms with Gasteiger partial charge in [0.15, 0.2) is 0 Å². The van der Waals surface area contributed by atoms with Gasteiger partial charge in [0.05, 0.1) is 6.61 Å². The molecule has 1 aliphatic rings. The van der Waals surface area contributed by atoms with Crippen molar-refractivity contribution in [1.82, 2.24) is 0 Å². The first kappa shape index (κ1) is 10.5. The molecule has 0 aromatic carbocycles. The fourth-order valence-corrected chi connectivity index (χ4v) is 1.05. The number of hydrogen-bond acceptors (Lipinski definition) is 4. The molecule has 0 aliphatic carbocycles. The summed E-state index contributed by atoms with van der Waals surface area (Å²) in [5, 5.41) is 0. The van der Waals surface area contributed by atoms with Gasteiger partial charge in [0.25, 0.3) is 0 Å². The van der Waals surface area contributed by atoms with Crippen LogP contribution in [0.1, 0.15) is 26.2 Å². The van der Waals surface area contributed by atoms with Gasteiger partial charge >= 0.3 is 5.97 Å². The van der Waals surface area contributed by atoms with Gasteiger partial charge in [-0.3, -0.25) is 4.79 Å². The molecule has 1 aliphatic heterocycles. The van der Waals surface area contributed by atoms with Gasteiger partial charge in [-0.15, -0.1) is 0 Å². The molecule has 0 aromatic rings. The lowest BCUT2D eigenvalue weighted by molar-refractivity contribution is -0.146. The Morgan fingerprint density at radius 2 is 2.46 bits per heavy atom. The number of rotatable bonds is 5. The molecule has 1 unspecified atom stereocenters. The molecule has 0 spiro atoms. The zero-order valence-corrected chi connectivity index (χ0v) is 7.95. The van der Waals surface area contributed by atoms with E-state index in [4.69, 9.17) is 14.2 Å². The maximum absolute atomic E-state index is 11.0. The molecule has 0 amide bonds. The van der Waals surface area contributed by atoms with Gasteiger partial charge < -0.3 is 14.2 Å². The average molecular weight is 188 g/mol. The van der Waals surface area contributed by atoms with Crippen molar-refractivity contribution in [3.05, 3.63) is 0 Å². The Morgan fingerprint density at radius 1 is 1.62 bits per heavy atom. The van der Waals surface area contributed by atoms with Crippen LogP contribution in [0.25, 0.3) is 0 Å². The third kappa shape index (κ3) is 4.24. The van der Waals surface area contributed by atoms with E-state index in [0.29, 0.717) is 26.4 Å². The Labute approximate surface area is 78.2 Å². The Morgan fingerprint density at radius 3 is 3.08 bits per heavy atom. The molecule has 4 heteroatoms. The monoisotopic (exact) mass is 188 g/mol. The van der Waals surface area contributed by atoms with Crippen molar-refractivity contribution < 1.29 is 19.0 Å². The summed E-state index contributed by atoms with van der Waals surface area (Å²) in [5.74, 6) is -0.141. The summed E-state index contributed by atoms with van der Waals surface area (Å²) in [5.41, 5.74) is 0. The first-order chi connectivity index (χ1) is 6.33. The summed E-state index contributed by atoms with van der Waals surface area (Å²) in [6, 6.07) is 0. The van der Waals surface area contributed by atoms with Crippen LogP contribution in [-0.4, -0.2) is 32.1 Å². The minimum atomic E-state index is -0.141. The minimum absolute atomic E-state index is 0.0643. The SMILES string of the molecule is CCCCC(=O)OCC1COCO1. The fraction of sp³-hybridized carbons (Fsp3) is 0.889. The van der Waals surface area contributed by atoms with Gasteiger partial charge in [0, 0.05) is 6.42 Å². The predicted molar refractivity (Wildman–Crippen MR) is 46.2 cm³/mol. The van der Waals surface area contributed by atoms with Crippen molar-refractivity contribution in [1.29, 1.82) is 0 Å². The Balaban J connectivity index is 2.00. The third-order valence-corrected chi connectivity index (χ3v) is 1.86. The van der Waals surface area contributed by atoms with Crippen LogP contribution >= 0.6 is 0 Å². The molecule has 0 bridgehead atoms. The first-order valence-electron chi connectivity index (χ1n) is 4.68. The van der Waals surface area contributed by atoms with Crippen LogP contribution < -0.4 is 0 Å². The molecule has 1 atom stereocenters. The highest BCUT2D eigenvalue weighted by Crippen LogP contribution is 2.04. The second-order valence-electron chi connectivity index (χ2n) is 3.06. The van der Waals surface area contributed by atoms with Crippen LogP contribution in [0, 0.1) is 0 Å². The Hall–Kier alpha value is -0.610. The quantitative estimate of drug-likeness (QED) is 0.606. The molecule has 0 N–H and O–H groups in total. The van der Waals surface area contributed by atoms with E-state index in [1.807, 2.05) is 6.92 Å². The molecule has 1 heterocycles. The largest absolute Gasteiger partial charge is 0.463 e. The summed E-state index contributed by atoms with van der Waals surface area (Å²) < 4.78 is 15.0.